The third-order valence-corrected chi connectivity index (χ3v) is 6.96. The van der Waals surface area contributed by atoms with Gasteiger partial charge in [-0.2, -0.15) is 11.8 Å². The molecule has 1 aromatic carbocycles. The highest BCUT2D eigenvalue weighted by Crippen LogP contribution is 2.29. The van der Waals surface area contributed by atoms with Crippen molar-refractivity contribution in [3.05, 3.63) is 30.1 Å². The highest BCUT2D eigenvalue weighted by atomic mass is 32.2. The zero-order valence-electron chi connectivity index (χ0n) is 17.7. The molecule has 0 saturated carbocycles. The fraction of sp³-hybridized carbons (Fsp3) is 0.500. The molecule has 1 saturated heterocycles. The van der Waals surface area contributed by atoms with E-state index in [2.05, 4.69) is 27.9 Å². The highest BCUT2D eigenvalue weighted by Gasteiger charge is 2.27. The molecule has 0 unspecified atom stereocenters. The lowest BCUT2D eigenvalue weighted by molar-refractivity contribution is -0.130. The summed E-state index contributed by atoms with van der Waals surface area (Å²) >= 11 is 1.91. The molecule has 30 heavy (non-hydrogen) atoms. The number of fused-ring (bicyclic) bond motifs is 3. The first-order valence-corrected chi connectivity index (χ1v) is 11.8. The summed E-state index contributed by atoms with van der Waals surface area (Å²) in [6, 6.07) is 8.51. The molecule has 1 aliphatic heterocycles. The molecule has 8 heteroatoms. The molecule has 0 radical (unpaired) electrons. The van der Waals surface area contributed by atoms with Crippen LogP contribution < -0.4 is 11.1 Å². The molecule has 3 aromatic rings. The number of unbranched alkanes of at least 4 members (excludes halogenated alkanes) is 1. The summed E-state index contributed by atoms with van der Waals surface area (Å²) in [5.41, 5.74) is 8.99. The van der Waals surface area contributed by atoms with Crippen molar-refractivity contribution >= 4 is 45.4 Å². The monoisotopic (exact) mass is 426 g/mol. The first kappa shape index (κ1) is 20.9. The smallest absolute Gasteiger partial charge is 0.219 e. The van der Waals surface area contributed by atoms with E-state index in [9.17, 15) is 4.79 Å². The number of para-hydroxylation sites is 1. The van der Waals surface area contributed by atoms with E-state index in [-0.39, 0.29) is 5.91 Å². The molecule has 0 aliphatic carbocycles. The number of hydrogen-bond acceptors (Lipinski definition) is 6. The number of aromatic nitrogens is 3. The number of thioether (sulfide) groups is 1. The lowest BCUT2D eigenvalue weighted by Gasteiger charge is -2.36. The maximum atomic E-state index is 12.0. The van der Waals surface area contributed by atoms with Gasteiger partial charge in [-0.05, 0) is 25.5 Å². The number of hydrogen-bond donors (Lipinski definition) is 2. The van der Waals surface area contributed by atoms with Gasteiger partial charge in [-0.25, -0.2) is 9.97 Å². The fourth-order valence-corrected chi connectivity index (χ4v) is 4.88. The van der Waals surface area contributed by atoms with Crippen molar-refractivity contribution in [2.45, 2.75) is 45.8 Å². The summed E-state index contributed by atoms with van der Waals surface area (Å²) in [5.74, 6) is 3.78. The number of imidazole rings is 1. The summed E-state index contributed by atoms with van der Waals surface area (Å²) in [5, 5.41) is 4.46. The number of carbonyl (C=O) groups excluding carboxylic acids is 1. The van der Waals surface area contributed by atoms with Crippen LogP contribution in [0.4, 0.5) is 5.82 Å². The number of rotatable bonds is 9. The van der Waals surface area contributed by atoms with Crippen LogP contribution in [0.2, 0.25) is 0 Å². The first-order chi connectivity index (χ1) is 14.6. The molecule has 2 aromatic heterocycles. The van der Waals surface area contributed by atoms with Crippen molar-refractivity contribution in [2.24, 2.45) is 0 Å². The maximum absolute atomic E-state index is 12.0. The van der Waals surface area contributed by atoms with Crippen molar-refractivity contribution in [1.82, 2.24) is 24.8 Å². The second-order valence-corrected chi connectivity index (χ2v) is 8.86. The minimum absolute atomic E-state index is 0.186. The number of nitrogens with two attached hydrogens (primary N) is 1. The van der Waals surface area contributed by atoms with Crippen LogP contribution in [-0.4, -0.2) is 56.0 Å². The van der Waals surface area contributed by atoms with Gasteiger partial charge in [0.15, 0.2) is 5.82 Å². The van der Waals surface area contributed by atoms with E-state index in [0.29, 0.717) is 18.4 Å². The summed E-state index contributed by atoms with van der Waals surface area (Å²) in [7, 11) is 0. The van der Waals surface area contributed by atoms with E-state index in [1.165, 1.54) is 0 Å². The molecule has 1 fully saturated rings. The molecular formula is C22H30N6OS. The van der Waals surface area contributed by atoms with Crippen LogP contribution in [0.1, 0.15) is 32.5 Å². The van der Waals surface area contributed by atoms with Crippen molar-refractivity contribution in [3.8, 4) is 0 Å². The summed E-state index contributed by atoms with van der Waals surface area (Å²) in [4.78, 5) is 23.4. The molecule has 0 spiro atoms. The van der Waals surface area contributed by atoms with E-state index in [0.717, 1.165) is 71.7 Å². The zero-order valence-corrected chi connectivity index (χ0v) is 18.5. The second kappa shape index (κ2) is 9.22. The van der Waals surface area contributed by atoms with Crippen LogP contribution in [0.25, 0.3) is 21.9 Å². The maximum Gasteiger partial charge on any atom is 0.219 e. The molecule has 3 heterocycles. The predicted octanol–water partition coefficient (Wildman–Crippen LogP) is 3.02. The average molecular weight is 427 g/mol. The summed E-state index contributed by atoms with van der Waals surface area (Å²) in [6.07, 6.45) is 1.95. The third kappa shape index (κ3) is 4.11. The molecule has 0 atom stereocenters. The Balaban J connectivity index is 1.58. The van der Waals surface area contributed by atoms with Gasteiger partial charge in [0.05, 0.1) is 17.6 Å². The lowest BCUT2D eigenvalue weighted by atomic mass is 10.2. The number of nitrogens with zero attached hydrogens (tertiary/aromatic N) is 4. The number of nitrogen functional groups attached to an aromatic ring is 1. The Morgan fingerprint density at radius 1 is 1.30 bits per heavy atom. The Labute approximate surface area is 181 Å². The number of amides is 1. The van der Waals surface area contributed by atoms with Gasteiger partial charge in [0.1, 0.15) is 11.3 Å². The van der Waals surface area contributed by atoms with E-state index < -0.39 is 0 Å². The molecule has 3 N–H and O–H groups in total. The number of carbonyl (C=O) groups is 1. The van der Waals surface area contributed by atoms with Gasteiger partial charge < -0.3 is 20.5 Å². The quantitative estimate of drug-likeness (QED) is 0.511. The van der Waals surface area contributed by atoms with Gasteiger partial charge in [0, 0.05) is 42.9 Å². The number of nitrogens with one attached hydrogen (secondary N) is 1. The lowest BCUT2D eigenvalue weighted by Crippen LogP contribution is -2.47. The number of benzene rings is 1. The predicted molar refractivity (Wildman–Crippen MR) is 125 cm³/mol. The largest absolute Gasteiger partial charge is 0.382 e. The van der Waals surface area contributed by atoms with Crippen LogP contribution in [0.5, 0.6) is 0 Å². The number of pyridine rings is 1. The van der Waals surface area contributed by atoms with Gasteiger partial charge in [-0.3, -0.25) is 4.79 Å². The van der Waals surface area contributed by atoms with Crippen LogP contribution in [0.15, 0.2) is 24.3 Å². The molecule has 1 aliphatic rings. The number of anilines is 1. The Morgan fingerprint density at radius 2 is 2.10 bits per heavy atom. The Morgan fingerprint density at radius 3 is 2.80 bits per heavy atom. The summed E-state index contributed by atoms with van der Waals surface area (Å²) < 4.78 is 2.29. The van der Waals surface area contributed by atoms with Crippen LogP contribution in [0.3, 0.4) is 0 Å². The standard InChI is InChI=1S/C22H30N6OS/c1-3-24-12-19-26-20-21(17-8-4-5-9-18(17)25-22(20)23)28(19)11-7-6-10-27(15(2)29)16-13-30-14-16/h4-5,8-9,16,24H,3,6-7,10-14H2,1-2H3,(H2,23,25). The minimum atomic E-state index is 0.186. The van der Waals surface area contributed by atoms with Crippen LogP contribution in [0, 0.1) is 0 Å². The Bertz CT molecular complexity index is 1040. The van der Waals surface area contributed by atoms with E-state index in [1.807, 2.05) is 34.9 Å². The SMILES string of the molecule is CCNCc1nc2c(N)nc3ccccc3c2n1CCCCN(C(C)=O)C1CSC1. The topological polar surface area (TPSA) is 89.1 Å². The van der Waals surface area contributed by atoms with Gasteiger partial charge in [0.2, 0.25) is 5.91 Å². The molecule has 4 rings (SSSR count). The average Bonchev–Trinajstić information content (AvgIpc) is 3.06. The fourth-order valence-electron chi connectivity index (χ4n) is 4.07. The zero-order chi connectivity index (χ0) is 21.1. The number of aryl methyl sites for hydroxylation is 1. The second-order valence-electron chi connectivity index (χ2n) is 7.78. The van der Waals surface area contributed by atoms with E-state index in [4.69, 9.17) is 10.7 Å². The van der Waals surface area contributed by atoms with Gasteiger partial charge in [-0.15, -0.1) is 0 Å². The Kier molecular flexibility index (Phi) is 6.43. The van der Waals surface area contributed by atoms with Crippen LogP contribution >= 0.6 is 11.8 Å². The van der Waals surface area contributed by atoms with E-state index in [1.54, 1.807) is 6.92 Å². The van der Waals surface area contributed by atoms with Crippen molar-refractivity contribution < 1.29 is 4.79 Å². The molecule has 0 bridgehead atoms. The minimum Gasteiger partial charge on any atom is -0.382 e. The summed E-state index contributed by atoms with van der Waals surface area (Å²) in [6.45, 7) is 7.01. The first-order valence-electron chi connectivity index (χ1n) is 10.7. The van der Waals surface area contributed by atoms with Crippen molar-refractivity contribution in [1.29, 1.82) is 0 Å². The normalized spacial score (nSPS) is 14.3. The molecule has 7 nitrogen and oxygen atoms in total. The third-order valence-electron chi connectivity index (χ3n) is 5.72. The van der Waals surface area contributed by atoms with Gasteiger partial charge in [-0.1, -0.05) is 25.1 Å². The van der Waals surface area contributed by atoms with Gasteiger partial charge >= 0.3 is 0 Å². The molecule has 1 amide bonds. The van der Waals surface area contributed by atoms with Crippen molar-refractivity contribution in [3.63, 3.8) is 0 Å². The highest BCUT2D eigenvalue weighted by molar-refractivity contribution is 8.00. The van der Waals surface area contributed by atoms with E-state index >= 15 is 0 Å². The van der Waals surface area contributed by atoms with Crippen LogP contribution in [-0.2, 0) is 17.9 Å². The molecule has 160 valence electrons. The molecular weight excluding hydrogens is 396 g/mol. The Hall–Kier alpha value is -2.32. The van der Waals surface area contributed by atoms with Gasteiger partial charge in [0.25, 0.3) is 0 Å². The van der Waals surface area contributed by atoms with Crippen molar-refractivity contribution in [2.75, 3.05) is 30.3 Å².